The fourth-order valence-electron chi connectivity index (χ4n) is 1.25. The van der Waals surface area contributed by atoms with Crippen molar-refractivity contribution in [3.8, 4) is 0 Å². The minimum Gasteiger partial charge on any atom is -0.467 e. The quantitative estimate of drug-likeness (QED) is 0.472. The first-order valence-corrected chi connectivity index (χ1v) is 4.38. The number of aromatic nitrogens is 1. The zero-order valence-electron chi connectivity index (χ0n) is 7.40. The number of fused-ring (bicyclic) bond motifs is 1. The maximum absolute atomic E-state index is 11.2. The number of esters is 1. The van der Waals surface area contributed by atoms with E-state index in [1.165, 1.54) is 7.11 Å². The summed E-state index contributed by atoms with van der Waals surface area (Å²) >= 11 is 5.68. The topological polar surface area (TPSA) is 51.5 Å². The first-order valence-electron chi connectivity index (χ1n) is 4.01. The summed E-state index contributed by atoms with van der Waals surface area (Å²) in [6.07, 6.45) is 1.70. The molecule has 0 N–H and O–H groups in total. The van der Waals surface area contributed by atoms with E-state index in [-0.39, 0.29) is 5.97 Å². The van der Waals surface area contributed by atoms with Crippen molar-refractivity contribution < 1.29 is 9.53 Å². The van der Waals surface area contributed by atoms with Gasteiger partial charge < -0.3 is 4.74 Å². The molecule has 0 radical (unpaired) electrons. The van der Waals surface area contributed by atoms with E-state index in [2.05, 4.69) is 14.7 Å². The minimum absolute atomic E-state index is 0.367. The van der Waals surface area contributed by atoms with Crippen molar-refractivity contribution in [3.63, 3.8) is 0 Å². The van der Waals surface area contributed by atoms with E-state index in [0.717, 1.165) is 5.22 Å². The smallest absolute Gasteiger partial charge is 0.334 e. The number of methoxy groups -OCH3 is 1. The van der Waals surface area contributed by atoms with Crippen LogP contribution in [-0.2, 0) is 9.53 Å². The monoisotopic (exact) mass is 210 g/mol. The molecule has 0 saturated heterocycles. The van der Waals surface area contributed by atoms with Crippen LogP contribution >= 0.6 is 11.6 Å². The summed E-state index contributed by atoms with van der Waals surface area (Å²) < 4.78 is 4.57. The van der Waals surface area contributed by atoms with Gasteiger partial charge in [0, 0.05) is 5.22 Å². The van der Waals surface area contributed by atoms with Gasteiger partial charge in [0.15, 0.2) is 11.5 Å². The molecule has 1 aliphatic rings. The molecule has 0 aliphatic carbocycles. The molecule has 5 heteroatoms. The van der Waals surface area contributed by atoms with Crippen LogP contribution in [0.25, 0.3) is 6.08 Å². The Morgan fingerprint density at radius 1 is 1.57 bits per heavy atom. The lowest BCUT2D eigenvalue weighted by atomic mass is 10.3. The number of rotatable bonds is 1. The van der Waals surface area contributed by atoms with Crippen LogP contribution in [0, 0.1) is 0 Å². The molecule has 14 heavy (non-hydrogen) atoms. The lowest BCUT2D eigenvalue weighted by Gasteiger charge is -1.99. The Balaban J connectivity index is 2.48. The fourth-order valence-corrected chi connectivity index (χ4v) is 1.39. The third kappa shape index (κ3) is 1.48. The van der Waals surface area contributed by atoms with Gasteiger partial charge in [-0.3, -0.25) is 0 Å². The SMILES string of the molecule is COC(=O)[C@@H]1C=c2ccc(Cl)nc2=N1. The number of hydrogen-bond acceptors (Lipinski definition) is 4. The summed E-state index contributed by atoms with van der Waals surface area (Å²) in [4.78, 5) is 19.2. The molecule has 72 valence electrons. The van der Waals surface area contributed by atoms with Crippen molar-refractivity contribution in [2.75, 3.05) is 7.11 Å². The maximum atomic E-state index is 11.2. The molecule has 2 rings (SSSR count). The first-order chi connectivity index (χ1) is 6.70. The van der Waals surface area contributed by atoms with Crippen molar-refractivity contribution in [2.24, 2.45) is 4.99 Å². The largest absolute Gasteiger partial charge is 0.467 e. The number of halogens is 1. The number of hydrogen-bond donors (Lipinski definition) is 0. The third-order valence-electron chi connectivity index (χ3n) is 1.91. The van der Waals surface area contributed by atoms with Crippen molar-refractivity contribution in [3.05, 3.63) is 28.0 Å². The van der Waals surface area contributed by atoms with Gasteiger partial charge in [-0.15, -0.1) is 0 Å². The van der Waals surface area contributed by atoms with Crippen LogP contribution in [0.4, 0.5) is 0 Å². The molecule has 0 spiro atoms. The molecular formula is C9H7ClN2O2. The number of carbonyl (C=O) groups is 1. The molecule has 0 bridgehead atoms. The molecule has 2 heterocycles. The van der Waals surface area contributed by atoms with E-state index in [9.17, 15) is 4.79 Å². The van der Waals surface area contributed by atoms with Gasteiger partial charge >= 0.3 is 5.97 Å². The molecule has 0 fully saturated rings. The van der Waals surface area contributed by atoms with Gasteiger partial charge in [-0.1, -0.05) is 11.6 Å². The van der Waals surface area contributed by atoms with Crippen LogP contribution < -0.4 is 10.7 Å². The Kier molecular flexibility index (Phi) is 2.21. The van der Waals surface area contributed by atoms with E-state index in [0.29, 0.717) is 10.6 Å². The third-order valence-corrected chi connectivity index (χ3v) is 2.12. The highest BCUT2D eigenvalue weighted by atomic mass is 35.5. The van der Waals surface area contributed by atoms with Crippen LogP contribution in [0.2, 0.25) is 5.15 Å². The minimum atomic E-state index is -0.582. The number of ether oxygens (including phenoxy) is 1. The second kappa shape index (κ2) is 3.38. The summed E-state index contributed by atoms with van der Waals surface area (Å²) in [7, 11) is 1.33. The van der Waals surface area contributed by atoms with E-state index in [1.807, 2.05) is 0 Å². The van der Waals surface area contributed by atoms with E-state index in [1.54, 1.807) is 18.2 Å². The average Bonchev–Trinajstić information content (AvgIpc) is 2.59. The van der Waals surface area contributed by atoms with Crippen LogP contribution in [-0.4, -0.2) is 24.1 Å². The van der Waals surface area contributed by atoms with Crippen molar-refractivity contribution in [2.45, 2.75) is 6.04 Å². The standard InChI is InChI=1S/C9H7ClN2O2/c1-14-9(13)6-4-5-2-3-7(10)12-8(5)11-6/h2-4,6H,1H3/t6-/m0/s1. The highest BCUT2D eigenvalue weighted by Gasteiger charge is 2.18. The second-order valence-corrected chi connectivity index (χ2v) is 3.20. The van der Waals surface area contributed by atoms with E-state index in [4.69, 9.17) is 11.6 Å². The molecule has 0 aromatic carbocycles. The summed E-state index contributed by atoms with van der Waals surface area (Å²) in [6, 6.07) is 2.85. The van der Waals surface area contributed by atoms with Crippen molar-refractivity contribution in [1.82, 2.24) is 4.98 Å². The van der Waals surface area contributed by atoms with Crippen LogP contribution in [0.5, 0.6) is 0 Å². The van der Waals surface area contributed by atoms with Crippen LogP contribution in [0.3, 0.4) is 0 Å². The van der Waals surface area contributed by atoms with E-state index < -0.39 is 6.04 Å². The Labute approximate surface area is 84.9 Å². The molecule has 0 saturated carbocycles. The van der Waals surface area contributed by atoms with Gasteiger partial charge in [-0.25, -0.2) is 14.8 Å². The molecular weight excluding hydrogens is 204 g/mol. The molecule has 4 nitrogen and oxygen atoms in total. The highest BCUT2D eigenvalue weighted by Crippen LogP contribution is 2.01. The van der Waals surface area contributed by atoms with Crippen molar-refractivity contribution in [1.29, 1.82) is 0 Å². The fraction of sp³-hybridized carbons (Fsp3) is 0.222. The second-order valence-electron chi connectivity index (χ2n) is 2.81. The van der Waals surface area contributed by atoms with Gasteiger partial charge in [0.1, 0.15) is 5.15 Å². The Bertz CT molecular complexity index is 498. The molecule has 0 amide bonds. The summed E-state index contributed by atoms with van der Waals surface area (Å²) in [6.45, 7) is 0. The molecule has 1 atom stereocenters. The Hall–Kier alpha value is -1.42. The van der Waals surface area contributed by atoms with Crippen LogP contribution in [0.15, 0.2) is 17.1 Å². The summed E-state index contributed by atoms with van der Waals surface area (Å²) in [5, 5.41) is 1.18. The van der Waals surface area contributed by atoms with Gasteiger partial charge in [0.05, 0.1) is 7.11 Å². The zero-order valence-corrected chi connectivity index (χ0v) is 8.15. The summed E-state index contributed by atoms with van der Waals surface area (Å²) in [5.74, 6) is -0.390. The maximum Gasteiger partial charge on any atom is 0.334 e. The predicted molar refractivity (Wildman–Crippen MR) is 50.3 cm³/mol. The Morgan fingerprint density at radius 3 is 3.07 bits per heavy atom. The lowest BCUT2D eigenvalue weighted by molar-refractivity contribution is -0.140. The summed E-state index contributed by atoms with van der Waals surface area (Å²) in [5.41, 5.74) is 0.493. The van der Waals surface area contributed by atoms with Gasteiger partial charge in [0.25, 0.3) is 0 Å². The predicted octanol–water partition coefficient (Wildman–Crippen LogP) is -0.310. The average molecular weight is 211 g/mol. The van der Waals surface area contributed by atoms with Crippen LogP contribution in [0.1, 0.15) is 0 Å². The molecule has 0 unspecified atom stereocenters. The molecule has 1 aliphatic heterocycles. The number of carbonyl (C=O) groups excluding carboxylic acids is 1. The van der Waals surface area contributed by atoms with E-state index >= 15 is 0 Å². The number of nitrogens with zero attached hydrogens (tertiary/aromatic N) is 2. The van der Waals surface area contributed by atoms with Gasteiger partial charge in [0.2, 0.25) is 0 Å². The molecule has 1 aromatic rings. The normalized spacial score (nSPS) is 18.0. The highest BCUT2D eigenvalue weighted by molar-refractivity contribution is 6.29. The lowest BCUT2D eigenvalue weighted by Crippen LogP contribution is -2.24. The van der Waals surface area contributed by atoms with Gasteiger partial charge in [-0.2, -0.15) is 0 Å². The Morgan fingerprint density at radius 2 is 2.36 bits per heavy atom. The van der Waals surface area contributed by atoms with Gasteiger partial charge in [-0.05, 0) is 18.2 Å². The van der Waals surface area contributed by atoms with Crippen molar-refractivity contribution >= 4 is 23.6 Å². The first kappa shape index (κ1) is 9.15. The number of pyridine rings is 1. The molecule has 1 aromatic heterocycles. The zero-order chi connectivity index (χ0) is 10.1.